The Morgan fingerprint density at radius 2 is 1.78 bits per heavy atom. The number of fused-ring (bicyclic) bond motifs is 1. The second kappa shape index (κ2) is 10.5. The van der Waals surface area contributed by atoms with Crippen molar-refractivity contribution in [2.45, 2.75) is 46.7 Å². The fraction of sp³-hybridized carbons (Fsp3) is 0.429. The van der Waals surface area contributed by atoms with Crippen LogP contribution in [0.4, 0.5) is 11.5 Å². The van der Waals surface area contributed by atoms with Crippen molar-refractivity contribution in [1.82, 2.24) is 20.0 Å². The van der Waals surface area contributed by atoms with Gasteiger partial charge in [0.1, 0.15) is 0 Å². The van der Waals surface area contributed by atoms with Gasteiger partial charge in [-0.1, -0.05) is 12.1 Å². The average molecular weight is 486 g/mol. The Bertz CT molecular complexity index is 1320. The zero-order valence-corrected chi connectivity index (χ0v) is 22.0. The van der Waals surface area contributed by atoms with E-state index in [-0.39, 0.29) is 11.9 Å². The van der Waals surface area contributed by atoms with Gasteiger partial charge in [-0.05, 0) is 63.9 Å². The van der Waals surface area contributed by atoms with Gasteiger partial charge < -0.3 is 15.5 Å². The third-order valence-electron chi connectivity index (χ3n) is 7.25. The van der Waals surface area contributed by atoms with Crippen LogP contribution in [0.15, 0.2) is 30.3 Å². The van der Waals surface area contributed by atoms with Gasteiger partial charge in [-0.25, -0.2) is 0 Å². The molecule has 1 saturated heterocycles. The van der Waals surface area contributed by atoms with E-state index < -0.39 is 0 Å². The van der Waals surface area contributed by atoms with Gasteiger partial charge in [-0.3, -0.25) is 9.69 Å². The summed E-state index contributed by atoms with van der Waals surface area (Å²) in [5.74, 6) is 0.679. The minimum Gasteiger partial charge on any atom is -0.387 e. The maximum atomic E-state index is 13.5. The second-order valence-electron chi connectivity index (χ2n) is 9.75. The van der Waals surface area contributed by atoms with Crippen LogP contribution in [0.25, 0.3) is 10.8 Å². The summed E-state index contributed by atoms with van der Waals surface area (Å²) in [7, 11) is 1.84. The highest BCUT2D eigenvalue weighted by molar-refractivity contribution is 6.06. The Labute approximate surface area is 213 Å². The Kier molecular flexibility index (Phi) is 7.41. The van der Waals surface area contributed by atoms with Crippen molar-refractivity contribution in [3.8, 4) is 6.07 Å². The molecule has 188 valence electrons. The van der Waals surface area contributed by atoms with Crippen LogP contribution in [-0.2, 0) is 0 Å². The lowest BCUT2D eigenvalue weighted by molar-refractivity contribution is 0.0596. The molecule has 8 heteroatoms. The standard InChI is InChI=1S/C28H35N7O/c1-17(2)34-10-12-35(13-11-34)28(36)25-14-23-20(5)32-33-27(24(23)15-26(25)30-6)31-19(4)22-9-7-8-21(16-29)18(22)3/h7-9,14-15,17,19,30H,10-13H2,1-6H3,(H,31,33). The van der Waals surface area contributed by atoms with Crippen molar-refractivity contribution in [3.63, 3.8) is 0 Å². The number of hydrogen-bond acceptors (Lipinski definition) is 7. The highest BCUT2D eigenvalue weighted by Gasteiger charge is 2.26. The maximum absolute atomic E-state index is 13.5. The first-order valence-corrected chi connectivity index (χ1v) is 12.5. The smallest absolute Gasteiger partial charge is 0.256 e. The molecule has 1 fully saturated rings. The molecule has 1 atom stereocenters. The average Bonchev–Trinajstić information content (AvgIpc) is 2.89. The van der Waals surface area contributed by atoms with E-state index in [1.807, 2.05) is 63.1 Å². The molecular formula is C28H35N7O. The molecular weight excluding hydrogens is 450 g/mol. The first-order valence-electron chi connectivity index (χ1n) is 12.5. The van der Waals surface area contributed by atoms with Crippen molar-refractivity contribution < 1.29 is 4.79 Å². The van der Waals surface area contributed by atoms with Gasteiger partial charge in [0.25, 0.3) is 5.91 Å². The molecule has 8 nitrogen and oxygen atoms in total. The van der Waals surface area contributed by atoms with Gasteiger partial charge >= 0.3 is 0 Å². The highest BCUT2D eigenvalue weighted by atomic mass is 16.2. The Hall–Kier alpha value is -3.70. The number of nitriles is 1. The van der Waals surface area contributed by atoms with Crippen LogP contribution in [0.5, 0.6) is 0 Å². The van der Waals surface area contributed by atoms with E-state index in [2.05, 4.69) is 45.6 Å². The molecule has 1 aromatic heterocycles. The molecule has 3 aromatic rings. The number of anilines is 2. The van der Waals surface area contributed by atoms with Crippen molar-refractivity contribution in [2.24, 2.45) is 0 Å². The molecule has 36 heavy (non-hydrogen) atoms. The number of aryl methyl sites for hydroxylation is 1. The van der Waals surface area contributed by atoms with E-state index in [0.717, 1.165) is 59.5 Å². The molecule has 0 saturated carbocycles. The second-order valence-corrected chi connectivity index (χ2v) is 9.75. The number of carbonyl (C=O) groups excluding carboxylic acids is 1. The molecule has 1 amide bonds. The van der Waals surface area contributed by atoms with E-state index in [1.165, 1.54) is 0 Å². The van der Waals surface area contributed by atoms with Crippen LogP contribution in [0, 0.1) is 25.2 Å². The molecule has 1 aliphatic heterocycles. The Balaban J connectivity index is 1.68. The quantitative estimate of drug-likeness (QED) is 0.531. The van der Waals surface area contributed by atoms with E-state index in [4.69, 9.17) is 0 Å². The minimum atomic E-state index is -0.0879. The van der Waals surface area contributed by atoms with Gasteiger partial charge in [-0.2, -0.15) is 10.4 Å². The molecule has 0 bridgehead atoms. The van der Waals surface area contributed by atoms with E-state index in [9.17, 15) is 10.1 Å². The van der Waals surface area contributed by atoms with E-state index >= 15 is 0 Å². The number of aromatic nitrogens is 2. The molecule has 0 radical (unpaired) electrons. The van der Waals surface area contributed by atoms with E-state index in [1.54, 1.807) is 0 Å². The first-order chi connectivity index (χ1) is 17.2. The molecule has 2 aromatic carbocycles. The number of rotatable bonds is 6. The van der Waals surface area contributed by atoms with Gasteiger partial charge in [0.15, 0.2) is 5.82 Å². The lowest BCUT2D eigenvalue weighted by atomic mass is 9.98. The largest absolute Gasteiger partial charge is 0.387 e. The molecule has 0 aliphatic carbocycles. The number of amides is 1. The topological polar surface area (TPSA) is 97.2 Å². The van der Waals surface area contributed by atoms with Crippen LogP contribution >= 0.6 is 0 Å². The third-order valence-corrected chi connectivity index (χ3v) is 7.25. The van der Waals surface area contributed by atoms with Crippen LogP contribution in [0.1, 0.15) is 59.6 Å². The summed E-state index contributed by atoms with van der Waals surface area (Å²) in [5.41, 5.74) is 4.83. The number of hydrogen-bond donors (Lipinski definition) is 2. The Morgan fingerprint density at radius 1 is 1.06 bits per heavy atom. The minimum absolute atomic E-state index is 0.0349. The van der Waals surface area contributed by atoms with Crippen LogP contribution < -0.4 is 10.6 Å². The number of benzene rings is 2. The number of carbonyl (C=O) groups is 1. The van der Waals surface area contributed by atoms with Gasteiger partial charge in [0, 0.05) is 55.7 Å². The third kappa shape index (κ3) is 4.84. The monoisotopic (exact) mass is 485 g/mol. The summed E-state index contributed by atoms with van der Waals surface area (Å²) in [4.78, 5) is 17.9. The fourth-order valence-electron chi connectivity index (χ4n) is 4.96. The summed E-state index contributed by atoms with van der Waals surface area (Å²) < 4.78 is 0. The maximum Gasteiger partial charge on any atom is 0.256 e. The van der Waals surface area contributed by atoms with Crippen LogP contribution in [0.2, 0.25) is 0 Å². The summed E-state index contributed by atoms with van der Waals surface area (Å²) in [6.07, 6.45) is 0. The van der Waals surface area contributed by atoms with Crippen LogP contribution in [0.3, 0.4) is 0 Å². The zero-order chi connectivity index (χ0) is 26.0. The van der Waals surface area contributed by atoms with Crippen molar-refractivity contribution in [2.75, 3.05) is 43.9 Å². The predicted molar refractivity (Wildman–Crippen MR) is 144 cm³/mol. The summed E-state index contributed by atoms with van der Waals surface area (Å²) >= 11 is 0. The molecule has 0 spiro atoms. The summed E-state index contributed by atoms with van der Waals surface area (Å²) in [5, 5.41) is 26.8. The number of piperazine rings is 1. The SMILES string of the molecule is CNc1cc2c(NC(C)c3cccc(C#N)c3C)nnc(C)c2cc1C(=O)N1CCN(C(C)C)CC1. The molecule has 4 rings (SSSR count). The molecule has 1 unspecified atom stereocenters. The number of nitrogens with one attached hydrogen (secondary N) is 2. The molecule has 1 aliphatic rings. The van der Waals surface area contributed by atoms with Gasteiger partial charge in [-0.15, -0.1) is 5.10 Å². The first kappa shape index (κ1) is 25.4. The Morgan fingerprint density at radius 3 is 2.42 bits per heavy atom. The van der Waals surface area contributed by atoms with Crippen LogP contribution in [-0.4, -0.2) is 65.2 Å². The van der Waals surface area contributed by atoms with Gasteiger partial charge in [0.05, 0.1) is 28.9 Å². The lowest BCUT2D eigenvalue weighted by Crippen LogP contribution is -2.50. The molecule has 2 heterocycles. The van der Waals surface area contributed by atoms with Crippen molar-refractivity contribution in [1.29, 1.82) is 5.26 Å². The zero-order valence-electron chi connectivity index (χ0n) is 22.0. The molecule has 2 N–H and O–H groups in total. The summed E-state index contributed by atoms with van der Waals surface area (Å²) in [6, 6.07) is 12.3. The van der Waals surface area contributed by atoms with Crippen molar-refractivity contribution in [3.05, 3.63) is 58.3 Å². The fourth-order valence-corrected chi connectivity index (χ4v) is 4.96. The van der Waals surface area contributed by atoms with Crippen molar-refractivity contribution >= 4 is 28.2 Å². The van der Waals surface area contributed by atoms with E-state index in [0.29, 0.717) is 23.0 Å². The predicted octanol–water partition coefficient (Wildman–Crippen LogP) is 4.50. The number of nitrogens with zero attached hydrogens (tertiary/aromatic N) is 5. The normalized spacial score (nSPS) is 15.1. The highest BCUT2D eigenvalue weighted by Crippen LogP contribution is 2.32. The lowest BCUT2D eigenvalue weighted by Gasteiger charge is -2.37. The van der Waals surface area contributed by atoms with Gasteiger partial charge in [0.2, 0.25) is 0 Å². The summed E-state index contributed by atoms with van der Waals surface area (Å²) in [6.45, 7) is 13.5.